The fourth-order valence-corrected chi connectivity index (χ4v) is 4.93. The molecular weight excluding hydrogens is 413 g/mol. The van der Waals surface area contributed by atoms with Crippen LogP contribution >= 0.6 is 0 Å². The molecule has 168 valence electrons. The van der Waals surface area contributed by atoms with Crippen molar-refractivity contribution in [2.24, 2.45) is 0 Å². The molecule has 0 spiro atoms. The second-order valence-corrected chi connectivity index (χ2v) is 9.66. The van der Waals surface area contributed by atoms with E-state index in [4.69, 9.17) is 9.15 Å². The summed E-state index contributed by atoms with van der Waals surface area (Å²) in [7, 11) is 1.46. The molecule has 2 N–H and O–H groups in total. The van der Waals surface area contributed by atoms with Crippen LogP contribution in [0.1, 0.15) is 40.2 Å². The largest absolute Gasteiger partial charge is 0.507 e. The molecule has 0 aliphatic carbocycles. The van der Waals surface area contributed by atoms with Gasteiger partial charge in [0.1, 0.15) is 17.4 Å². The minimum absolute atomic E-state index is 0.00668. The van der Waals surface area contributed by atoms with Gasteiger partial charge in [-0.15, -0.1) is 10.2 Å². The number of rotatable bonds is 3. The fourth-order valence-electron chi connectivity index (χ4n) is 4.93. The Bertz CT molecular complexity index is 1330. The van der Waals surface area contributed by atoms with Gasteiger partial charge in [-0.2, -0.15) is 4.98 Å². The number of nitrogens with zero attached hydrogens (tertiary/aromatic N) is 4. The number of aromatic nitrogens is 4. The fraction of sp³-hybridized carbons (Fsp3) is 0.435. The number of fused-ring (bicyclic) bond motifs is 2. The molecule has 4 heterocycles. The lowest BCUT2D eigenvalue weighted by atomic mass is 9.78. The van der Waals surface area contributed by atoms with Crippen molar-refractivity contribution in [3.05, 3.63) is 30.5 Å². The number of phenols is 1. The highest BCUT2D eigenvalue weighted by Gasteiger charge is 2.47. The van der Waals surface area contributed by atoms with E-state index in [9.17, 15) is 5.11 Å². The van der Waals surface area contributed by atoms with Crippen molar-refractivity contribution in [1.29, 1.82) is 0 Å². The Morgan fingerprint density at radius 1 is 1.22 bits per heavy atom. The Morgan fingerprint density at radius 2 is 2.00 bits per heavy atom. The van der Waals surface area contributed by atoms with Crippen LogP contribution in [0.25, 0.3) is 33.4 Å². The molecule has 8 nitrogen and oxygen atoms in total. The van der Waals surface area contributed by atoms with Gasteiger partial charge in [0.15, 0.2) is 11.2 Å². The quantitative estimate of drug-likeness (QED) is 0.489. The van der Waals surface area contributed by atoms with E-state index in [2.05, 4.69) is 34.3 Å². The molecule has 0 unspecified atom stereocenters. The Hall–Kier alpha value is -3.20. The first-order chi connectivity index (χ1) is 15.1. The molecule has 4 aromatic rings. The summed E-state index contributed by atoms with van der Waals surface area (Å²) in [4.78, 5) is 4.13. The predicted octanol–water partition coefficient (Wildman–Crippen LogP) is 4.38. The summed E-state index contributed by atoms with van der Waals surface area (Å²) in [5.41, 5.74) is 1.60. The van der Waals surface area contributed by atoms with Crippen LogP contribution in [-0.4, -0.2) is 49.2 Å². The predicted molar refractivity (Wildman–Crippen MR) is 119 cm³/mol. The molecule has 1 aromatic carbocycles. The van der Waals surface area contributed by atoms with Crippen LogP contribution in [0.2, 0.25) is 0 Å². The molecule has 5 rings (SSSR count). The number of aromatic hydroxyl groups is 1. The van der Waals surface area contributed by atoms with Gasteiger partial charge >= 0.3 is 6.08 Å². The minimum Gasteiger partial charge on any atom is -0.507 e. The highest BCUT2D eigenvalue weighted by Crippen LogP contribution is 2.40. The molecule has 1 aliphatic rings. The molecule has 32 heavy (non-hydrogen) atoms. The molecule has 0 bridgehead atoms. The monoisotopic (exact) mass is 439 g/mol. The maximum absolute atomic E-state index is 15.4. The zero-order valence-corrected chi connectivity index (χ0v) is 18.7. The van der Waals surface area contributed by atoms with E-state index in [0.29, 0.717) is 34.4 Å². The van der Waals surface area contributed by atoms with E-state index in [1.165, 1.54) is 13.2 Å². The third-order valence-corrected chi connectivity index (χ3v) is 6.16. The van der Waals surface area contributed by atoms with Gasteiger partial charge in [-0.3, -0.25) is 0 Å². The smallest absolute Gasteiger partial charge is 0.394 e. The van der Waals surface area contributed by atoms with Gasteiger partial charge < -0.3 is 24.1 Å². The topological polar surface area (TPSA) is 98.2 Å². The number of methoxy groups -OCH3 is 1. The minimum atomic E-state index is -1.10. The summed E-state index contributed by atoms with van der Waals surface area (Å²) in [6, 6.07) is 6.52. The van der Waals surface area contributed by atoms with Crippen LogP contribution in [0, 0.1) is 0 Å². The van der Waals surface area contributed by atoms with Crippen LogP contribution in [0.3, 0.4) is 0 Å². The van der Waals surface area contributed by atoms with E-state index in [-0.39, 0.29) is 23.4 Å². The molecule has 1 saturated heterocycles. The number of phenolic OH excluding ortho intramolecular Hbond substituents is 1. The zero-order valence-electron chi connectivity index (χ0n) is 18.7. The highest BCUT2D eigenvalue weighted by atomic mass is 19.1. The molecule has 9 heteroatoms. The Morgan fingerprint density at radius 3 is 2.75 bits per heavy atom. The Kier molecular flexibility index (Phi) is 4.46. The van der Waals surface area contributed by atoms with E-state index < -0.39 is 11.7 Å². The number of halogens is 1. The van der Waals surface area contributed by atoms with Crippen molar-refractivity contribution in [2.45, 2.75) is 57.4 Å². The number of nitrogens with one attached hydrogen (secondary N) is 1. The second kappa shape index (κ2) is 6.90. The number of ether oxygens (including phenoxy) is 1. The number of hydrogen-bond donors (Lipinski definition) is 2. The molecule has 2 atom stereocenters. The van der Waals surface area contributed by atoms with Crippen LogP contribution in [0.15, 0.2) is 34.9 Å². The zero-order chi connectivity index (χ0) is 22.8. The number of alkyl halides is 1. The van der Waals surface area contributed by atoms with E-state index in [1.54, 1.807) is 6.07 Å². The van der Waals surface area contributed by atoms with Crippen molar-refractivity contribution < 1.29 is 18.7 Å². The third-order valence-electron chi connectivity index (χ3n) is 6.16. The van der Waals surface area contributed by atoms with Gasteiger partial charge in [-0.05, 0) is 52.3 Å². The van der Waals surface area contributed by atoms with Gasteiger partial charge in [0.25, 0.3) is 0 Å². The van der Waals surface area contributed by atoms with Gasteiger partial charge in [0.05, 0.1) is 18.8 Å². The van der Waals surface area contributed by atoms with Gasteiger partial charge in [0.2, 0.25) is 0 Å². The Balaban J connectivity index is 1.56. The highest BCUT2D eigenvalue weighted by molar-refractivity contribution is 5.87. The standard InChI is InChI=1S/C23H26FN5O3/c1-22(2)11-16(19(24)23(3,4)28-22)29-7-6-12-8-14(26-27-20(12)29)13-9-18-15(10-17(13)30)25-21(31-5)32-18/h6-10,16,19,28,30H,11H2,1-5H3/t16-,19-/m0/s1. The van der Waals surface area contributed by atoms with Crippen LogP contribution < -0.4 is 10.1 Å². The van der Waals surface area contributed by atoms with Crippen molar-refractivity contribution in [1.82, 2.24) is 25.1 Å². The average Bonchev–Trinajstić information content (AvgIpc) is 3.32. The van der Waals surface area contributed by atoms with Crippen LogP contribution in [0.5, 0.6) is 11.8 Å². The average molecular weight is 439 g/mol. The SMILES string of the molecule is COc1nc2cc(O)c(-c3cc4ccn([C@H]5CC(C)(C)NC(C)(C)[C@H]5F)c4nn3)cc2o1. The number of piperidine rings is 1. The number of hydrogen-bond acceptors (Lipinski definition) is 7. The normalized spacial score (nSPS) is 22.4. The first-order valence-electron chi connectivity index (χ1n) is 10.5. The Labute approximate surface area is 184 Å². The molecular formula is C23H26FN5O3. The lowest BCUT2D eigenvalue weighted by molar-refractivity contribution is 0.0313. The number of oxazole rings is 1. The molecule has 0 saturated carbocycles. The summed E-state index contributed by atoms with van der Waals surface area (Å²) >= 11 is 0. The second-order valence-electron chi connectivity index (χ2n) is 9.66. The lowest BCUT2D eigenvalue weighted by Gasteiger charge is -2.49. The molecule has 1 aliphatic heterocycles. The van der Waals surface area contributed by atoms with Crippen molar-refractivity contribution in [3.63, 3.8) is 0 Å². The first kappa shape index (κ1) is 20.7. The van der Waals surface area contributed by atoms with Crippen LogP contribution in [-0.2, 0) is 0 Å². The first-order valence-corrected chi connectivity index (χ1v) is 10.5. The molecule has 1 fully saturated rings. The van der Waals surface area contributed by atoms with Gasteiger partial charge in [-0.25, -0.2) is 4.39 Å². The maximum atomic E-state index is 15.4. The molecule has 0 amide bonds. The van der Waals surface area contributed by atoms with E-state index in [1.807, 2.05) is 36.7 Å². The molecule has 0 radical (unpaired) electrons. The van der Waals surface area contributed by atoms with Gasteiger partial charge in [-0.1, -0.05) is 0 Å². The number of benzene rings is 1. The van der Waals surface area contributed by atoms with Crippen LogP contribution in [0.4, 0.5) is 4.39 Å². The molecule has 3 aromatic heterocycles. The third kappa shape index (κ3) is 3.28. The van der Waals surface area contributed by atoms with E-state index in [0.717, 1.165) is 5.39 Å². The van der Waals surface area contributed by atoms with E-state index >= 15 is 4.39 Å². The van der Waals surface area contributed by atoms with Gasteiger partial charge in [0, 0.05) is 34.3 Å². The lowest BCUT2D eigenvalue weighted by Crippen LogP contribution is -2.64. The van der Waals surface area contributed by atoms with Crippen molar-refractivity contribution in [2.75, 3.05) is 7.11 Å². The van der Waals surface area contributed by atoms with Crippen molar-refractivity contribution in [3.8, 4) is 23.1 Å². The summed E-state index contributed by atoms with van der Waals surface area (Å²) in [5, 5.41) is 23.5. The summed E-state index contributed by atoms with van der Waals surface area (Å²) < 4.78 is 27.9. The van der Waals surface area contributed by atoms with Crippen molar-refractivity contribution >= 4 is 22.1 Å². The summed E-state index contributed by atoms with van der Waals surface area (Å²) in [5.74, 6) is 0.00668. The summed E-state index contributed by atoms with van der Waals surface area (Å²) in [6.45, 7) is 7.94. The summed E-state index contributed by atoms with van der Waals surface area (Å²) in [6.07, 6.45) is 1.50. The maximum Gasteiger partial charge on any atom is 0.394 e.